The SMILES string of the molecule is CC(C)OC(=O)[C@H](C)NP(=O)(N[C@@H](C)C(=O)OC(C)C)OC[C@H]1O[C@@H](n2ccc(N)nc2=O)C(F)(F)C1O. The molecule has 1 aromatic rings. The summed E-state index contributed by atoms with van der Waals surface area (Å²) in [5, 5.41) is 15.0. The van der Waals surface area contributed by atoms with Gasteiger partial charge in [-0.3, -0.25) is 18.7 Å². The van der Waals surface area contributed by atoms with E-state index in [1.165, 1.54) is 13.8 Å². The lowest BCUT2D eigenvalue weighted by Crippen LogP contribution is -2.44. The summed E-state index contributed by atoms with van der Waals surface area (Å²) in [6.45, 7) is 8.11. The summed E-state index contributed by atoms with van der Waals surface area (Å²) in [6.07, 6.45) is -6.60. The molecule has 0 aromatic carbocycles. The number of carbonyl (C=O) groups excluding carboxylic acids is 2. The van der Waals surface area contributed by atoms with Crippen molar-refractivity contribution < 1.29 is 46.8 Å². The Balaban J connectivity index is 2.25. The highest BCUT2D eigenvalue weighted by Gasteiger charge is 2.60. The van der Waals surface area contributed by atoms with Gasteiger partial charge in [0.15, 0.2) is 6.10 Å². The maximum atomic E-state index is 14.8. The van der Waals surface area contributed by atoms with Crippen LogP contribution in [0.4, 0.5) is 14.6 Å². The minimum absolute atomic E-state index is 0.207. The average molecular weight is 569 g/mol. The van der Waals surface area contributed by atoms with E-state index in [0.717, 1.165) is 12.3 Å². The molecule has 2 rings (SSSR count). The van der Waals surface area contributed by atoms with Crippen LogP contribution in [0.15, 0.2) is 17.1 Å². The van der Waals surface area contributed by atoms with Gasteiger partial charge in [-0.25, -0.2) is 15.0 Å². The molecule has 5 N–H and O–H groups in total. The zero-order valence-corrected chi connectivity index (χ0v) is 22.7. The van der Waals surface area contributed by atoms with Gasteiger partial charge in [0.25, 0.3) is 0 Å². The third-order valence-corrected chi connectivity index (χ3v) is 7.01. The molecule has 0 bridgehead atoms. The first-order valence-corrected chi connectivity index (χ1v) is 13.4. The van der Waals surface area contributed by atoms with Crippen LogP contribution in [0.25, 0.3) is 0 Å². The Morgan fingerprint density at radius 1 is 1.16 bits per heavy atom. The van der Waals surface area contributed by atoms with Gasteiger partial charge in [0.1, 0.15) is 24.0 Å². The minimum Gasteiger partial charge on any atom is -0.462 e. The number of hydrogen-bond acceptors (Lipinski definition) is 11. The summed E-state index contributed by atoms with van der Waals surface area (Å²) in [4.78, 5) is 39.9. The van der Waals surface area contributed by atoms with Crippen LogP contribution in [0.5, 0.6) is 0 Å². The first-order chi connectivity index (χ1) is 17.5. The standard InChI is InChI=1S/C21H34F2N5O9P/c1-10(2)35-17(30)12(5)26-38(33,27-13(6)18(31)36-11(3)4)34-9-14-16(29)21(22,23)19(37-14)28-8-7-15(24)25-20(28)32/h7-8,10-14,16,19,29H,9H2,1-6H3,(H2,24,25,32)(H2,26,27,33)/t12-,13-,14+,16?,19+/m0/s1. The number of aromatic nitrogens is 2. The van der Waals surface area contributed by atoms with E-state index in [9.17, 15) is 32.8 Å². The number of carbonyl (C=O) groups is 2. The van der Waals surface area contributed by atoms with Gasteiger partial charge in [0.2, 0.25) is 6.23 Å². The van der Waals surface area contributed by atoms with Crippen LogP contribution < -0.4 is 21.6 Å². The number of aliphatic hydroxyl groups is 1. The fourth-order valence-corrected chi connectivity index (χ4v) is 5.10. The van der Waals surface area contributed by atoms with Gasteiger partial charge in [0, 0.05) is 6.20 Å². The molecular formula is C21H34F2N5O9P. The van der Waals surface area contributed by atoms with Crippen LogP contribution >= 0.6 is 7.67 Å². The summed E-state index contributed by atoms with van der Waals surface area (Å²) in [7, 11) is -4.39. The largest absolute Gasteiger partial charge is 0.462 e. The normalized spacial score (nSPS) is 22.9. The van der Waals surface area contributed by atoms with Crippen molar-refractivity contribution in [2.75, 3.05) is 12.3 Å². The van der Waals surface area contributed by atoms with E-state index in [-0.39, 0.29) is 5.82 Å². The van der Waals surface area contributed by atoms with Gasteiger partial charge >= 0.3 is 31.2 Å². The van der Waals surface area contributed by atoms with Crippen molar-refractivity contribution in [2.45, 2.75) is 90.2 Å². The summed E-state index contributed by atoms with van der Waals surface area (Å²) in [5.41, 5.74) is 4.24. The quantitative estimate of drug-likeness (QED) is 0.203. The molecule has 0 saturated carbocycles. The third-order valence-electron chi connectivity index (χ3n) is 5.04. The van der Waals surface area contributed by atoms with Crippen molar-refractivity contribution in [3.63, 3.8) is 0 Å². The lowest BCUT2D eigenvalue weighted by molar-refractivity contribution is -0.149. The topological polar surface area (TPSA) is 193 Å². The number of nitrogens with zero attached hydrogens (tertiary/aromatic N) is 2. The van der Waals surface area contributed by atoms with Crippen molar-refractivity contribution in [3.05, 3.63) is 22.7 Å². The van der Waals surface area contributed by atoms with E-state index >= 15 is 0 Å². The Bertz CT molecular complexity index is 1070. The Morgan fingerprint density at radius 2 is 1.66 bits per heavy atom. The molecule has 0 radical (unpaired) electrons. The smallest absolute Gasteiger partial charge is 0.351 e. The van der Waals surface area contributed by atoms with E-state index in [0.29, 0.717) is 4.57 Å². The van der Waals surface area contributed by atoms with Crippen LogP contribution in [0.2, 0.25) is 0 Å². The van der Waals surface area contributed by atoms with E-state index in [2.05, 4.69) is 15.2 Å². The maximum absolute atomic E-state index is 14.8. The predicted octanol–water partition coefficient (Wildman–Crippen LogP) is 0.703. The van der Waals surface area contributed by atoms with E-state index in [1.807, 2.05) is 0 Å². The number of nitrogen functional groups attached to an aromatic ring is 1. The number of hydrogen-bond donors (Lipinski definition) is 4. The Hall–Kier alpha value is -2.49. The van der Waals surface area contributed by atoms with Gasteiger partial charge in [-0.05, 0) is 47.6 Å². The number of ether oxygens (including phenoxy) is 3. The van der Waals surface area contributed by atoms with Gasteiger partial charge < -0.3 is 29.6 Å². The number of nitrogens with one attached hydrogen (secondary N) is 2. The second-order valence-corrected chi connectivity index (χ2v) is 11.1. The van der Waals surface area contributed by atoms with Gasteiger partial charge in [-0.2, -0.15) is 13.8 Å². The van der Waals surface area contributed by atoms with Crippen LogP contribution in [-0.4, -0.2) is 75.6 Å². The monoisotopic (exact) mass is 569 g/mol. The van der Waals surface area contributed by atoms with Gasteiger partial charge in [-0.15, -0.1) is 0 Å². The van der Waals surface area contributed by atoms with Crippen LogP contribution in [0.1, 0.15) is 47.8 Å². The number of anilines is 1. The third kappa shape index (κ3) is 8.01. The summed E-state index contributed by atoms with van der Waals surface area (Å²) in [6, 6.07) is -1.37. The van der Waals surface area contributed by atoms with Crippen molar-refractivity contribution >= 4 is 25.4 Å². The number of halogens is 2. The number of alkyl halides is 2. The molecule has 17 heteroatoms. The van der Waals surface area contributed by atoms with Crippen LogP contribution in [-0.2, 0) is 32.9 Å². The zero-order chi connectivity index (χ0) is 29.0. The molecule has 1 aromatic heterocycles. The number of rotatable bonds is 12. The van der Waals surface area contributed by atoms with Gasteiger partial charge in [-0.1, -0.05) is 0 Å². The predicted molar refractivity (Wildman–Crippen MR) is 129 cm³/mol. The van der Waals surface area contributed by atoms with Gasteiger partial charge in [0.05, 0.1) is 18.8 Å². The molecule has 14 nitrogen and oxygen atoms in total. The molecular weight excluding hydrogens is 535 g/mol. The summed E-state index contributed by atoms with van der Waals surface area (Å²) in [5.74, 6) is -5.80. The Kier molecular flexibility index (Phi) is 10.5. The summed E-state index contributed by atoms with van der Waals surface area (Å²) < 4.78 is 64.4. The molecule has 5 atom stereocenters. The molecule has 38 heavy (non-hydrogen) atoms. The van der Waals surface area contributed by atoms with Crippen molar-refractivity contribution in [1.82, 2.24) is 19.7 Å². The zero-order valence-electron chi connectivity index (χ0n) is 21.8. The minimum atomic E-state index is -4.39. The molecule has 1 unspecified atom stereocenters. The Labute approximate surface area is 217 Å². The molecule has 216 valence electrons. The second kappa shape index (κ2) is 12.6. The van der Waals surface area contributed by atoms with E-state index < -0.39 is 80.6 Å². The molecule has 2 heterocycles. The van der Waals surface area contributed by atoms with E-state index in [1.54, 1.807) is 27.7 Å². The molecule has 0 amide bonds. The van der Waals surface area contributed by atoms with Crippen LogP contribution in [0.3, 0.4) is 0 Å². The molecule has 0 aliphatic carbocycles. The Morgan fingerprint density at radius 3 is 2.11 bits per heavy atom. The van der Waals surface area contributed by atoms with Crippen LogP contribution in [0, 0.1) is 0 Å². The fraction of sp³-hybridized carbons (Fsp3) is 0.714. The maximum Gasteiger partial charge on any atom is 0.351 e. The first kappa shape index (κ1) is 31.7. The summed E-state index contributed by atoms with van der Waals surface area (Å²) >= 11 is 0. The lowest BCUT2D eigenvalue weighted by Gasteiger charge is -2.27. The highest BCUT2D eigenvalue weighted by Crippen LogP contribution is 2.45. The molecule has 0 spiro atoms. The van der Waals surface area contributed by atoms with Crippen molar-refractivity contribution in [2.24, 2.45) is 0 Å². The van der Waals surface area contributed by atoms with E-state index in [4.69, 9.17) is 24.5 Å². The average Bonchev–Trinajstić information content (AvgIpc) is 3.00. The first-order valence-electron chi connectivity index (χ1n) is 11.7. The molecule has 1 aliphatic heterocycles. The lowest BCUT2D eigenvalue weighted by atomic mass is 10.1. The number of aliphatic hydroxyl groups excluding tert-OH is 1. The van der Waals surface area contributed by atoms with Crippen molar-refractivity contribution in [1.29, 1.82) is 0 Å². The molecule has 1 saturated heterocycles. The number of nitrogens with two attached hydrogens (primary N) is 1. The van der Waals surface area contributed by atoms with Crippen molar-refractivity contribution in [3.8, 4) is 0 Å². The second-order valence-electron chi connectivity index (χ2n) is 9.21. The fourth-order valence-electron chi connectivity index (χ4n) is 3.28. The highest BCUT2D eigenvalue weighted by atomic mass is 31.2. The molecule has 1 aliphatic rings. The number of esters is 2. The highest BCUT2D eigenvalue weighted by molar-refractivity contribution is 7.54. The molecule has 1 fully saturated rings.